The molecule has 1 aromatic carbocycles. The van der Waals surface area contributed by atoms with Gasteiger partial charge in [-0.05, 0) is 23.6 Å². The van der Waals surface area contributed by atoms with Gasteiger partial charge in [-0.3, -0.25) is 0 Å². The summed E-state index contributed by atoms with van der Waals surface area (Å²) in [5, 5.41) is 0. The first kappa shape index (κ1) is 18.2. The minimum atomic E-state index is -3.33. The van der Waals surface area contributed by atoms with Crippen LogP contribution in [0.5, 0.6) is 0 Å². The van der Waals surface area contributed by atoms with E-state index in [1.54, 1.807) is 12.1 Å². The molecule has 1 heterocycles. The van der Waals surface area contributed by atoms with Gasteiger partial charge in [0.2, 0.25) is 10.0 Å². The Morgan fingerprint density at radius 2 is 2.04 bits per heavy atom. The Hall–Kier alpha value is -1.18. The first-order valence-electron chi connectivity index (χ1n) is 7.99. The van der Waals surface area contributed by atoms with E-state index in [2.05, 4.69) is 4.72 Å². The van der Waals surface area contributed by atoms with Gasteiger partial charge in [0.15, 0.2) is 0 Å². The van der Waals surface area contributed by atoms with E-state index in [0.29, 0.717) is 37.6 Å². The first-order valence-corrected chi connectivity index (χ1v) is 9.65. The molecule has 0 unspecified atom stereocenters. The molecule has 1 N–H and O–H groups in total. The van der Waals surface area contributed by atoms with Crippen molar-refractivity contribution in [2.75, 3.05) is 37.0 Å². The maximum Gasteiger partial charge on any atom is 0.212 e. The SMILES string of the molecule is CC[C@H](C)CS(=O)(=O)NCc1ccc(N2CCOCC2)c(F)c1. The molecule has 1 aromatic rings. The van der Waals surface area contributed by atoms with Crippen LogP contribution in [0.2, 0.25) is 0 Å². The molecule has 23 heavy (non-hydrogen) atoms. The normalized spacial score (nSPS) is 17.3. The Bertz CT molecular complexity index is 616. The molecule has 1 aliphatic rings. The fourth-order valence-corrected chi connectivity index (χ4v) is 3.95. The molecular formula is C16H25FN2O3S. The molecule has 0 spiro atoms. The average Bonchev–Trinajstić information content (AvgIpc) is 2.53. The van der Waals surface area contributed by atoms with Gasteiger partial charge >= 0.3 is 0 Å². The van der Waals surface area contributed by atoms with Gasteiger partial charge in [0.1, 0.15) is 5.82 Å². The van der Waals surface area contributed by atoms with Crippen molar-refractivity contribution in [1.29, 1.82) is 0 Å². The van der Waals surface area contributed by atoms with Crippen molar-refractivity contribution in [2.45, 2.75) is 26.8 Å². The molecule has 0 aliphatic carbocycles. The van der Waals surface area contributed by atoms with Gasteiger partial charge < -0.3 is 9.64 Å². The van der Waals surface area contributed by atoms with E-state index in [-0.39, 0.29) is 24.0 Å². The second-order valence-corrected chi connectivity index (χ2v) is 7.85. The first-order chi connectivity index (χ1) is 10.9. The van der Waals surface area contributed by atoms with Crippen molar-refractivity contribution in [3.05, 3.63) is 29.6 Å². The minimum Gasteiger partial charge on any atom is -0.378 e. The maximum atomic E-state index is 14.3. The average molecular weight is 344 g/mol. The Balaban J connectivity index is 1.97. The van der Waals surface area contributed by atoms with Gasteiger partial charge in [0.05, 0.1) is 24.7 Å². The van der Waals surface area contributed by atoms with Crippen LogP contribution in [0, 0.1) is 11.7 Å². The molecule has 1 atom stereocenters. The molecule has 0 bridgehead atoms. The quantitative estimate of drug-likeness (QED) is 0.823. The standard InChI is InChI=1S/C16H25FN2O3S/c1-3-13(2)12-23(20,21)18-11-14-4-5-16(15(17)10-14)19-6-8-22-9-7-19/h4-5,10,13,18H,3,6-9,11-12H2,1-2H3/t13-/m0/s1. The highest BCUT2D eigenvalue weighted by Gasteiger charge is 2.17. The molecule has 1 saturated heterocycles. The third-order valence-corrected chi connectivity index (χ3v) is 5.65. The third kappa shape index (κ3) is 5.44. The van der Waals surface area contributed by atoms with Crippen LogP contribution in [-0.2, 0) is 21.3 Å². The summed E-state index contributed by atoms with van der Waals surface area (Å²) >= 11 is 0. The van der Waals surface area contributed by atoms with Gasteiger partial charge in [-0.15, -0.1) is 0 Å². The summed E-state index contributed by atoms with van der Waals surface area (Å²) in [5.74, 6) is -0.129. The molecule has 5 nitrogen and oxygen atoms in total. The number of benzene rings is 1. The summed E-state index contributed by atoms with van der Waals surface area (Å²) in [6.45, 7) is 6.48. The van der Waals surface area contributed by atoms with Crippen LogP contribution in [-0.4, -0.2) is 40.5 Å². The number of nitrogens with zero attached hydrogens (tertiary/aromatic N) is 1. The van der Waals surface area contributed by atoms with E-state index < -0.39 is 10.0 Å². The van der Waals surface area contributed by atoms with Crippen LogP contribution in [0.1, 0.15) is 25.8 Å². The Labute approximate surface area is 137 Å². The maximum absolute atomic E-state index is 14.3. The molecule has 1 fully saturated rings. The van der Waals surface area contributed by atoms with Gasteiger partial charge in [-0.25, -0.2) is 17.5 Å². The number of rotatable bonds is 7. The number of hydrogen-bond acceptors (Lipinski definition) is 4. The van der Waals surface area contributed by atoms with Crippen molar-refractivity contribution in [3.63, 3.8) is 0 Å². The number of morpholine rings is 1. The summed E-state index contributed by atoms with van der Waals surface area (Å²) in [6.07, 6.45) is 0.809. The van der Waals surface area contributed by atoms with E-state index in [1.165, 1.54) is 6.07 Å². The molecule has 7 heteroatoms. The Morgan fingerprint density at radius 1 is 1.35 bits per heavy atom. The van der Waals surface area contributed by atoms with Crippen LogP contribution < -0.4 is 9.62 Å². The van der Waals surface area contributed by atoms with Crippen LogP contribution >= 0.6 is 0 Å². The predicted molar refractivity (Wildman–Crippen MR) is 89.5 cm³/mol. The molecule has 1 aliphatic heterocycles. The van der Waals surface area contributed by atoms with E-state index >= 15 is 0 Å². The number of nitrogens with one attached hydrogen (secondary N) is 1. The number of halogens is 1. The number of anilines is 1. The second kappa shape index (κ2) is 8.08. The smallest absolute Gasteiger partial charge is 0.212 e. The molecular weight excluding hydrogens is 319 g/mol. The zero-order valence-corrected chi connectivity index (χ0v) is 14.5. The fourth-order valence-electron chi connectivity index (χ4n) is 2.47. The predicted octanol–water partition coefficient (Wildman–Crippen LogP) is 2.13. The summed E-state index contributed by atoms with van der Waals surface area (Å²) in [4.78, 5) is 1.94. The second-order valence-electron chi connectivity index (χ2n) is 6.00. The van der Waals surface area contributed by atoms with Gasteiger partial charge in [0, 0.05) is 19.6 Å². The zero-order valence-electron chi connectivity index (χ0n) is 13.7. The van der Waals surface area contributed by atoms with Crippen molar-refractivity contribution in [2.24, 2.45) is 5.92 Å². The molecule has 0 radical (unpaired) electrons. The van der Waals surface area contributed by atoms with Crippen molar-refractivity contribution >= 4 is 15.7 Å². The molecule has 0 aromatic heterocycles. The van der Waals surface area contributed by atoms with E-state index in [4.69, 9.17) is 4.74 Å². The summed E-state index contributed by atoms with van der Waals surface area (Å²) in [5.41, 5.74) is 1.16. The third-order valence-electron chi connectivity index (χ3n) is 4.06. The minimum absolute atomic E-state index is 0.0951. The van der Waals surface area contributed by atoms with Crippen LogP contribution in [0.4, 0.5) is 10.1 Å². The summed E-state index contributed by atoms with van der Waals surface area (Å²) < 4.78 is 45.9. The lowest BCUT2D eigenvalue weighted by molar-refractivity contribution is 0.122. The van der Waals surface area contributed by atoms with Crippen LogP contribution in [0.15, 0.2) is 18.2 Å². The Kier molecular flexibility index (Phi) is 6.38. The van der Waals surface area contributed by atoms with Crippen LogP contribution in [0.25, 0.3) is 0 Å². The lowest BCUT2D eigenvalue weighted by Gasteiger charge is -2.29. The van der Waals surface area contributed by atoms with Gasteiger partial charge in [-0.1, -0.05) is 26.3 Å². The molecule has 0 saturated carbocycles. The molecule has 0 amide bonds. The highest BCUT2D eigenvalue weighted by Crippen LogP contribution is 2.21. The summed E-state index contributed by atoms with van der Waals surface area (Å²) in [6, 6.07) is 4.87. The zero-order chi connectivity index (χ0) is 16.9. The topological polar surface area (TPSA) is 58.6 Å². The van der Waals surface area contributed by atoms with Crippen LogP contribution in [0.3, 0.4) is 0 Å². The highest BCUT2D eigenvalue weighted by molar-refractivity contribution is 7.89. The van der Waals surface area contributed by atoms with E-state index in [0.717, 1.165) is 6.42 Å². The van der Waals surface area contributed by atoms with Crippen molar-refractivity contribution < 1.29 is 17.5 Å². The van der Waals surface area contributed by atoms with E-state index in [1.807, 2.05) is 18.7 Å². The highest BCUT2D eigenvalue weighted by atomic mass is 32.2. The molecule has 2 rings (SSSR count). The lowest BCUT2D eigenvalue weighted by Crippen LogP contribution is -2.36. The summed E-state index contributed by atoms with van der Waals surface area (Å²) in [7, 11) is -3.33. The number of sulfonamides is 1. The number of hydrogen-bond donors (Lipinski definition) is 1. The van der Waals surface area contributed by atoms with Gasteiger partial charge in [-0.2, -0.15) is 0 Å². The number of ether oxygens (including phenoxy) is 1. The largest absolute Gasteiger partial charge is 0.378 e. The Morgan fingerprint density at radius 3 is 2.65 bits per heavy atom. The van der Waals surface area contributed by atoms with Gasteiger partial charge in [0.25, 0.3) is 0 Å². The van der Waals surface area contributed by atoms with E-state index in [9.17, 15) is 12.8 Å². The molecule has 130 valence electrons. The fraction of sp³-hybridized carbons (Fsp3) is 0.625. The monoisotopic (exact) mass is 344 g/mol. The van der Waals surface area contributed by atoms with Crippen molar-refractivity contribution in [1.82, 2.24) is 4.72 Å². The van der Waals surface area contributed by atoms with Crippen molar-refractivity contribution in [3.8, 4) is 0 Å². The lowest BCUT2D eigenvalue weighted by atomic mass is 10.2.